The first-order valence-corrected chi connectivity index (χ1v) is 9.38. The highest BCUT2D eigenvalue weighted by molar-refractivity contribution is 5.80. The number of methoxy groups -OCH3 is 3. The Bertz CT molecular complexity index is 667. The molecule has 1 atom stereocenters. The summed E-state index contributed by atoms with van der Waals surface area (Å²) >= 11 is 0. The van der Waals surface area contributed by atoms with E-state index in [1.807, 2.05) is 17.0 Å². The number of hydrogen-bond donors (Lipinski definition) is 1. The van der Waals surface area contributed by atoms with Crippen molar-refractivity contribution in [2.24, 2.45) is 5.92 Å². The Labute approximate surface area is 166 Å². The Balaban J connectivity index is 1.93. The van der Waals surface area contributed by atoms with Crippen molar-refractivity contribution in [3.8, 4) is 17.2 Å². The lowest BCUT2D eigenvalue weighted by molar-refractivity contribution is -0.135. The molecule has 0 aliphatic carbocycles. The Hall–Kier alpha value is -2.48. The summed E-state index contributed by atoms with van der Waals surface area (Å²) in [6.07, 6.45) is 1.80. The average molecular weight is 393 g/mol. The first-order valence-electron chi connectivity index (χ1n) is 9.38. The van der Waals surface area contributed by atoms with Crippen molar-refractivity contribution in [2.45, 2.75) is 19.4 Å². The largest absolute Gasteiger partial charge is 0.493 e. The van der Waals surface area contributed by atoms with Gasteiger partial charge in [-0.2, -0.15) is 0 Å². The zero-order valence-corrected chi connectivity index (χ0v) is 17.4. The van der Waals surface area contributed by atoms with Crippen LogP contribution in [0.1, 0.15) is 18.4 Å². The molecular weight excluding hydrogens is 362 g/mol. The van der Waals surface area contributed by atoms with Crippen molar-refractivity contribution >= 4 is 11.8 Å². The van der Waals surface area contributed by atoms with E-state index in [0.29, 0.717) is 30.3 Å². The second-order valence-corrected chi connectivity index (χ2v) is 7.12. The van der Waals surface area contributed by atoms with E-state index in [0.717, 1.165) is 24.9 Å². The molecule has 0 saturated carbocycles. The van der Waals surface area contributed by atoms with Gasteiger partial charge in [0.25, 0.3) is 0 Å². The zero-order chi connectivity index (χ0) is 20.7. The van der Waals surface area contributed by atoms with E-state index in [1.54, 1.807) is 40.3 Å². The second-order valence-electron chi connectivity index (χ2n) is 7.12. The summed E-state index contributed by atoms with van der Waals surface area (Å²) in [5.74, 6) is 1.63. The highest BCUT2D eigenvalue weighted by Gasteiger charge is 2.27. The Morgan fingerprint density at radius 1 is 1.14 bits per heavy atom. The molecule has 28 heavy (non-hydrogen) atoms. The van der Waals surface area contributed by atoms with Crippen LogP contribution >= 0.6 is 0 Å². The molecule has 1 unspecified atom stereocenters. The van der Waals surface area contributed by atoms with Crippen LogP contribution < -0.4 is 19.5 Å². The van der Waals surface area contributed by atoms with E-state index < -0.39 is 0 Å². The van der Waals surface area contributed by atoms with Crippen molar-refractivity contribution in [1.29, 1.82) is 0 Å². The fourth-order valence-electron chi connectivity index (χ4n) is 3.46. The summed E-state index contributed by atoms with van der Waals surface area (Å²) in [6, 6.07) is 3.63. The van der Waals surface area contributed by atoms with E-state index >= 15 is 0 Å². The maximum atomic E-state index is 12.4. The summed E-state index contributed by atoms with van der Waals surface area (Å²) in [6.45, 7) is 2.08. The van der Waals surface area contributed by atoms with Crippen molar-refractivity contribution in [2.75, 3.05) is 55.1 Å². The van der Waals surface area contributed by atoms with Crippen LogP contribution in [0.4, 0.5) is 0 Å². The number of likely N-dealkylation sites (tertiary alicyclic amines) is 1. The average Bonchev–Trinajstić information content (AvgIpc) is 2.70. The molecule has 0 radical (unpaired) electrons. The topological polar surface area (TPSA) is 80.3 Å². The van der Waals surface area contributed by atoms with Gasteiger partial charge >= 0.3 is 0 Å². The molecule has 8 nitrogen and oxygen atoms in total. The maximum absolute atomic E-state index is 12.4. The van der Waals surface area contributed by atoms with Gasteiger partial charge in [-0.3, -0.25) is 14.5 Å². The van der Waals surface area contributed by atoms with Crippen molar-refractivity contribution < 1.29 is 23.8 Å². The predicted molar refractivity (Wildman–Crippen MR) is 106 cm³/mol. The van der Waals surface area contributed by atoms with Crippen molar-refractivity contribution in [1.82, 2.24) is 15.1 Å². The third-order valence-electron chi connectivity index (χ3n) is 4.88. The molecule has 1 aromatic carbocycles. The Morgan fingerprint density at radius 2 is 1.79 bits per heavy atom. The summed E-state index contributed by atoms with van der Waals surface area (Å²) in [4.78, 5) is 28.2. The van der Waals surface area contributed by atoms with E-state index in [-0.39, 0.29) is 24.3 Å². The Morgan fingerprint density at radius 3 is 2.32 bits per heavy atom. The van der Waals surface area contributed by atoms with Crippen molar-refractivity contribution in [3.05, 3.63) is 17.7 Å². The van der Waals surface area contributed by atoms with Crippen LogP contribution in [0.15, 0.2) is 12.1 Å². The van der Waals surface area contributed by atoms with Crippen LogP contribution in [0.5, 0.6) is 17.2 Å². The number of carbonyl (C=O) groups excluding carboxylic acids is 2. The number of hydrogen-bond acceptors (Lipinski definition) is 6. The Kier molecular flexibility index (Phi) is 7.92. The minimum Gasteiger partial charge on any atom is -0.493 e. The molecule has 8 heteroatoms. The van der Waals surface area contributed by atoms with Gasteiger partial charge in [0.2, 0.25) is 17.6 Å². The first-order chi connectivity index (χ1) is 13.4. The number of nitrogens with zero attached hydrogens (tertiary/aromatic N) is 2. The summed E-state index contributed by atoms with van der Waals surface area (Å²) in [5, 5.41) is 2.93. The zero-order valence-electron chi connectivity index (χ0n) is 17.4. The molecule has 1 N–H and O–H groups in total. The van der Waals surface area contributed by atoms with E-state index in [2.05, 4.69) is 5.32 Å². The van der Waals surface area contributed by atoms with Crippen LogP contribution in [0.25, 0.3) is 0 Å². The summed E-state index contributed by atoms with van der Waals surface area (Å²) in [7, 11) is 8.20. The number of rotatable bonds is 8. The van der Waals surface area contributed by atoms with Gasteiger partial charge in [-0.05, 0) is 37.1 Å². The smallest absolute Gasteiger partial charge is 0.234 e. The minimum atomic E-state index is -0.0771. The van der Waals surface area contributed by atoms with E-state index in [1.165, 1.54) is 0 Å². The van der Waals surface area contributed by atoms with Gasteiger partial charge in [-0.15, -0.1) is 0 Å². The molecule has 1 aliphatic heterocycles. The lowest BCUT2D eigenvalue weighted by Gasteiger charge is -2.32. The summed E-state index contributed by atoms with van der Waals surface area (Å²) < 4.78 is 16.0. The lowest BCUT2D eigenvalue weighted by atomic mass is 9.97. The number of carbonyl (C=O) groups is 2. The molecule has 0 spiro atoms. The molecule has 0 bridgehead atoms. The van der Waals surface area contributed by atoms with Gasteiger partial charge in [-0.1, -0.05) is 0 Å². The van der Waals surface area contributed by atoms with Crippen molar-refractivity contribution in [3.63, 3.8) is 0 Å². The van der Waals surface area contributed by atoms with Gasteiger partial charge in [0, 0.05) is 27.2 Å². The lowest BCUT2D eigenvalue weighted by Crippen LogP contribution is -2.46. The third kappa shape index (κ3) is 5.51. The fraction of sp³-hybridized carbons (Fsp3) is 0.600. The highest BCUT2D eigenvalue weighted by Crippen LogP contribution is 2.38. The number of ether oxygens (including phenoxy) is 3. The van der Waals surface area contributed by atoms with E-state index in [9.17, 15) is 9.59 Å². The highest BCUT2D eigenvalue weighted by atomic mass is 16.5. The van der Waals surface area contributed by atoms with Gasteiger partial charge in [0.05, 0.1) is 33.8 Å². The third-order valence-corrected chi connectivity index (χ3v) is 4.88. The monoisotopic (exact) mass is 393 g/mol. The van der Waals surface area contributed by atoms with Crippen LogP contribution in [0, 0.1) is 5.92 Å². The molecular formula is C20H31N3O5. The molecule has 1 saturated heterocycles. The predicted octanol–water partition coefficient (Wildman–Crippen LogP) is 1.13. The number of benzene rings is 1. The maximum Gasteiger partial charge on any atom is 0.234 e. The normalized spacial score (nSPS) is 17.0. The molecule has 156 valence electrons. The number of amides is 2. The summed E-state index contributed by atoms with van der Waals surface area (Å²) in [5.41, 5.74) is 0.849. The molecule has 2 amide bonds. The second kappa shape index (κ2) is 10.2. The SMILES string of the molecule is COc1cc(CNC(=O)CN2CCCC(C(=O)N(C)C)C2)cc(OC)c1OC. The molecule has 2 rings (SSSR count). The standard InChI is InChI=1S/C20H31N3O5/c1-22(2)20(25)15-7-6-8-23(12-15)13-18(24)21-11-14-9-16(26-3)19(28-5)17(10-14)27-4/h9-10,15H,6-8,11-13H2,1-5H3,(H,21,24). The molecule has 0 aromatic heterocycles. The number of nitrogens with one attached hydrogen (secondary N) is 1. The van der Waals surface area contributed by atoms with Gasteiger partial charge in [0.15, 0.2) is 11.5 Å². The molecule has 1 fully saturated rings. The van der Waals surface area contributed by atoms with Gasteiger partial charge in [0.1, 0.15) is 0 Å². The van der Waals surface area contributed by atoms with Gasteiger partial charge < -0.3 is 24.4 Å². The van der Waals surface area contributed by atoms with Gasteiger partial charge in [-0.25, -0.2) is 0 Å². The van der Waals surface area contributed by atoms with E-state index in [4.69, 9.17) is 14.2 Å². The first kappa shape index (κ1) is 21.8. The molecule has 1 heterocycles. The fourth-order valence-corrected chi connectivity index (χ4v) is 3.46. The quantitative estimate of drug-likeness (QED) is 0.713. The van der Waals surface area contributed by atoms with Crippen LogP contribution in [0.3, 0.4) is 0 Å². The minimum absolute atomic E-state index is 0.0355. The van der Waals surface area contributed by atoms with Crippen LogP contribution in [-0.2, 0) is 16.1 Å². The van der Waals surface area contributed by atoms with Crippen LogP contribution in [0.2, 0.25) is 0 Å². The number of piperidine rings is 1. The molecule has 1 aromatic rings. The molecule has 1 aliphatic rings. The van der Waals surface area contributed by atoms with Crippen LogP contribution in [-0.4, -0.2) is 76.7 Å².